The van der Waals surface area contributed by atoms with Gasteiger partial charge in [-0.05, 0) is 146 Å². The van der Waals surface area contributed by atoms with Crippen molar-refractivity contribution in [2.75, 3.05) is 0 Å². The zero-order chi connectivity index (χ0) is 31.9. The Bertz CT molecular complexity index is 1370. The smallest absolute Gasteiger partial charge is 0.335 e. The van der Waals surface area contributed by atoms with Gasteiger partial charge in [-0.2, -0.15) is 0 Å². The second-order valence-corrected chi connectivity index (χ2v) is 17.3. The Balaban J connectivity index is 1.35. The van der Waals surface area contributed by atoms with Crippen molar-refractivity contribution in [3.05, 3.63) is 53.6 Å². The van der Waals surface area contributed by atoms with Crippen LogP contribution in [0.15, 0.2) is 42.5 Å². The van der Waals surface area contributed by atoms with Crippen molar-refractivity contribution in [1.29, 1.82) is 0 Å². The number of benzene rings is 1. The van der Waals surface area contributed by atoms with Gasteiger partial charge in [0.15, 0.2) is 0 Å². The number of rotatable bonds is 7. The van der Waals surface area contributed by atoms with Crippen LogP contribution in [0.25, 0.3) is 5.57 Å². The van der Waals surface area contributed by atoms with Gasteiger partial charge in [0, 0.05) is 11.8 Å². The molecule has 0 radical (unpaired) electrons. The monoisotopic (exact) mass is 598 g/mol. The van der Waals surface area contributed by atoms with Gasteiger partial charge in [-0.3, -0.25) is 4.79 Å². The lowest BCUT2D eigenvalue weighted by molar-refractivity contribution is -0.224. The third-order valence-corrected chi connectivity index (χ3v) is 15.4. The topological polar surface area (TPSA) is 54.4 Å². The van der Waals surface area contributed by atoms with Gasteiger partial charge in [-0.1, -0.05) is 78.3 Å². The van der Waals surface area contributed by atoms with Crippen molar-refractivity contribution in [1.82, 2.24) is 0 Å². The Morgan fingerprint density at radius 2 is 1.59 bits per heavy atom. The van der Waals surface area contributed by atoms with E-state index in [0.29, 0.717) is 40.9 Å². The molecule has 0 aromatic heterocycles. The molecule has 4 fully saturated rings. The average Bonchev–Trinajstić information content (AvgIpc) is 3.37. The zero-order valence-corrected chi connectivity index (χ0v) is 28.7. The summed E-state index contributed by atoms with van der Waals surface area (Å²) in [6.45, 7) is 21.9. The summed E-state index contributed by atoms with van der Waals surface area (Å²) in [5.41, 5.74) is 4.85. The molecule has 1 aromatic carbocycles. The summed E-state index contributed by atoms with van der Waals surface area (Å²) >= 11 is 0. The lowest BCUT2D eigenvalue weighted by Gasteiger charge is -2.72. The summed E-state index contributed by atoms with van der Waals surface area (Å²) in [5, 5.41) is 9.45. The summed E-state index contributed by atoms with van der Waals surface area (Å²) in [5.74, 6) is 2.52. The van der Waals surface area contributed by atoms with Crippen molar-refractivity contribution in [3.8, 4) is 0 Å². The van der Waals surface area contributed by atoms with E-state index < -0.39 is 5.97 Å². The van der Waals surface area contributed by atoms with E-state index in [-0.39, 0.29) is 27.1 Å². The van der Waals surface area contributed by atoms with Gasteiger partial charge < -0.3 is 5.11 Å². The molecule has 0 amide bonds. The Morgan fingerprint density at radius 3 is 2.23 bits per heavy atom. The number of unbranched alkanes of at least 4 members (excludes halogenated alkanes) is 1. The second-order valence-electron chi connectivity index (χ2n) is 17.3. The highest BCUT2D eigenvalue weighted by Crippen LogP contribution is 2.78. The van der Waals surface area contributed by atoms with Gasteiger partial charge in [0.2, 0.25) is 0 Å². The third kappa shape index (κ3) is 4.26. The van der Waals surface area contributed by atoms with Crippen LogP contribution < -0.4 is 0 Å². The molecule has 3 heteroatoms. The summed E-state index contributed by atoms with van der Waals surface area (Å²) in [6.07, 6.45) is 16.1. The molecule has 0 aliphatic heterocycles. The summed E-state index contributed by atoms with van der Waals surface area (Å²) < 4.78 is 0. The zero-order valence-electron chi connectivity index (χ0n) is 28.7. The van der Waals surface area contributed by atoms with E-state index in [1.165, 1.54) is 48.8 Å². The van der Waals surface area contributed by atoms with Gasteiger partial charge in [-0.15, -0.1) is 0 Å². The van der Waals surface area contributed by atoms with Crippen LogP contribution in [0.2, 0.25) is 0 Å². The molecule has 1 N–H and O–H groups in total. The first-order chi connectivity index (χ1) is 20.7. The highest BCUT2D eigenvalue weighted by Gasteiger charge is 2.71. The van der Waals surface area contributed by atoms with Crippen molar-refractivity contribution in [3.63, 3.8) is 0 Å². The Hall–Kier alpha value is -2.16. The molecule has 0 heterocycles. The molecule has 0 unspecified atom stereocenters. The van der Waals surface area contributed by atoms with Crippen molar-refractivity contribution < 1.29 is 14.7 Å². The standard InChI is InChI=1S/C41H58O3/c1-9-10-11-34(42)41-23-18-29(26(2)3)35(41)31-16-17-33-38(6)21-19-30(27-12-14-28(15-13-27)36(43)44)37(4,5)32(38)20-22-40(33,8)39(31,7)24-25-41/h12-15,19,29,31-33,35H,2,9-11,16-18,20-25H2,1,3-8H3,(H,43,44)/t29-,31+,32-,33+,35+,38-,39+,40+,41+/m0/s1. The van der Waals surface area contributed by atoms with E-state index >= 15 is 0 Å². The fourth-order valence-electron chi connectivity index (χ4n) is 13.1. The minimum atomic E-state index is -0.867. The largest absolute Gasteiger partial charge is 0.478 e. The molecule has 0 spiro atoms. The maximum absolute atomic E-state index is 14.1. The first-order valence-corrected chi connectivity index (χ1v) is 17.9. The highest BCUT2D eigenvalue weighted by molar-refractivity contribution is 5.88. The van der Waals surface area contributed by atoms with Crippen LogP contribution in [0.1, 0.15) is 141 Å². The maximum Gasteiger partial charge on any atom is 0.335 e. The van der Waals surface area contributed by atoms with Crippen LogP contribution in [-0.2, 0) is 4.79 Å². The third-order valence-electron chi connectivity index (χ3n) is 15.4. The van der Waals surface area contributed by atoms with Gasteiger partial charge in [0.25, 0.3) is 0 Å². The van der Waals surface area contributed by atoms with Gasteiger partial charge in [0.1, 0.15) is 5.78 Å². The number of carbonyl (C=O) groups is 2. The van der Waals surface area contributed by atoms with E-state index in [0.717, 1.165) is 44.9 Å². The predicted molar refractivity (Wildman–Crippen MR) is 180 cm³/mol. The molecule has 1 aromatic rings. The number of ketones is 1. The van der Waals surface area contributed by atoms with Crippen molar-refractivity contribution >= 4 is 17.3 Å². The Labute approximate surface area is 267 Å². The van der Waals surface area contributed by atoms with E-state index in [9.17, 15) is 14.7 Å². The first-order valence-electron chi connectivity index (χ1n) is 17.9. The summed E-state index contributed by atoms with van der Waals surface area (Å²) in [4.78, 5) is 25.6. The predicted octanol–water partition coefficient (Wildman–Crippen LogP) is 10.8. The molecule has 3 nitrogen and oxygen atoms in total. The average molecular weight is 599 g/mol. The molecule has 4 saturated carbocycles. The van der Waals surface area contributed by atoms with Crippen LogP contribution in [0.5, 0.6) is 0 Å². The number of aromatic carboxylic acids is 1. The number of hydrogen-bond acceptors (Lipinski definition) is 2. The quantitative estimate of drug-likeness (QED) is 0.318. The molecule has 0 saturated heterocycles. The lowest BCUT2D eigenvalue weighted by atomic mass is 9.32. The molecule has 44 heavy (non-hydrogen) atoms. The maximum atomic E-state index is 14.1. The van der Waals surface area contributed by atoms with Crippen LogP contribution >= 0.6 is 0 Å². The number of fused-ring (bicyclic) bond motifs is 7. The molecule has 5 aliphatic rings. The first kappa shape index (κ1) is 31.8. The van der Waals surface area contributed by atoms with Crippen LogP contribution in [0, 0.1) is 56.7 Å². The van der Waals surface area contributed by atoms with Crippen LogP contribution in [-0.4, -0.2) is 16.9 Å². The van der Waals surface area contributed by atoms with Crippen LogP contribution in [0.3, 0.4) is 0 Å². The van der Waals surface area contributed by atoms with E-state index in [4.69, 9.17) is 0 Å². The Morgan fingerprint density at radius 1 is 0.886 bits per heavy atom. The lowest BCUT2D eigenvalue weighted by Crippen LogP contribution is -2.65. The summed E-state index contributed by atoms with van der Waals surface area (Å²) in [7, 11) is 0. The van der Waals surface area contributed by atoms with E-state index in [1.54, 1.807) is 12.1 Å². The molecular formula is C41H58O3. The molecule has 6 rings (SSSR count). The summed E-state index contributed by atoms with van der Waals surface area (Å²) in [6, 6.07) is 7.57. The second kappa shape index (κ2) is 10.7. The molecule has 240 valence electrons. The van der Waals surface area contributed by atoms with Crippen molar-refractivity contribution in [2.24, 2.45) is 56.7 Å². The van der Waals surface area contributed by atoms with Crippen molar-refractivity contribution in [2.45, 2.75) is 126 Å². The minimum Gasteiger partial charge on any atom is -0.478 e. The Kier molecular flexibility index (Phi) is 7.73. The fourth-order valence-corrected chi connectivity index (χ4v) is 13.1. The van der Waals surface area contributed by atoms with Gasteiger partial charge >= 0.3 is 5.97 Å². The van der Waals surface area contributed by atoms with Gasteiger partial charge in [-0.25, -0.2) is 4.79 Å². The number of carbonyl (C=O) groups excluding carboxylic acids is 1. The fraction of sp³-hybridized carbons (Fsp3) is 0.707. The molecule has 5 aliphatic carbocycles. The molecule has 9 atom stereocenters. The molecular weight excluding hydrogens is 540 g/mol. The van der Waals surface area contributed by atoms with Gasteiger partial charge in [0.05, 0.1) is 5.56 Å². The minimum absolute atomic E-state index is 0.0146. The number of hydrogen-bond donors (Lipinski definition) is 1. The number of Topliss-reactive ketones (excluding diaryl/α,β-unsaturated/α-hetero) is 1. The SMILES string of the molecule is C=C(C)[C@@H]1CC[C@]2(C(=O)CCCC)CC[C@]3(C)[C@H](CC[C@@H]4[C@@]5(C)CC=C(c6ccc(C(=O)O)cc6)C(C)(C)[C@@H]5CC[C@]43C)[C@@H]12. The number of carboxylic acids is 1. The molecule has 0 bridgehead atoms. The van der Waals surface area contributed by atoms with E-state index in [2.05, 4.69) is 61.1 Å². The van der Waals surface area contributed by atoms with E-state index in [1.807, 2.05) is 12.1 Å². The normalized spacial score (nSPS) is 42.2. The number of carboxylic acid groups (broad SMARTS) is 1. The number of allylic oxidation sites excluding steroid dienone is 3. The highest BCUT2D eigenvalue weighted by atomic mass is 16.4. The van der Waals surface area contributed by atoms with Crippen LogP contribution in [0.4, 0.5) is 0 Å².